The fraction of sp³-hybridized carbons (Fsp3) is 0.571. The third-order valence-electron chi connectivity index (χ3n) is 1.40. The van der Waals surface area contributed by atoms with Crippen LogP contribution in [0.3, 0.4) is 0 Å². The quantitative estimate of drug-likeness (QED) is 0.716. The number of nitrogens with one attached hydrogen (secondary N) is 1. The molecule has 1 amide bonds. The van der Waals surface area contributed by atoms with Gasteiger partial charge in [-0.1, -0.05) is 12.1 Å². The SMILES string of the molecule is CCCNC(=O)c1nonc1C. The molecule has 0 bridgehead atoms. The van der Waals surface area contributed by atoms with Gasteiger partial charge in [0.1, 0.15) is 5.69 Å². The zero-order valence-electron chi connectivity index (χ0n) is 7.13. The highest BCUT2D eigenvalue weighted by Gasteiger charge is 2.13. The van der Waals surface area contributed by atoms with Gasteiger partial charge in [-0.2, -0.15) is 0 Å². The molecule has 0 unspecified atom stereocenters. The van der Waals surface area contributed by atoms with Gasteiger partial charge in [-0.25, -0.2) is 4.63 Å². The summed E-state index contributed by atoms with van der Waals surface area (Å²) >= 11 is 0. The maximum absolute atomic E-state index is 11.2. The summed E-state index contributed by atoms with van der Waals surface area (Å²) in [6.07, 6.45) is 0.899. The van der Waals surface area contributed by atoms with Crippen LogP contribution < -0.4 is 5.32 Å². The first kappa shape index (κ1) is 8.70. The van der Waals surface area contributed by atoms with Crippen molar-refractivity contribution in [1.29, 1.82) is 0 Å². The lowest BCUT2D eigenvalue weighted by molar-refractivity contribution is 0.0943. The maximum Gasteiger partial charge on any atom is 0.275 e. The van der Waals surface area contributed by atoms with Crippen LogP contribution in [0.2, 0.25) is 0 Å². The maximum atomic E-state index is 11.2. The highest BCUT2D eigenvalue weighted by molar-refractivity contribution is 5.92. The van der Waals surface area contributed by atoms with Crippen LogP contribution in [-0.4, -0.2) is 22.8 Å². The Labute approximate surface area is 70.1 Å². The summed E-state index contributed by atoms with van der Waals surface area (Å²) in [7, 11) is 0. The second-order valence-corrected chi connectivity index (χ2v) is 2.45. The number of hydrogen-bond donors (Lipinski definition) is 1. The number of amides is 1. The van der Waals surface area contributed by atoms with Gasteiger partial charge >= 0.3 is 0 Å². The first-order valence-electron chi connectivity index (χ1n) is 3.83. The van der Waals surface area contributed by atoms with Crippen molar-refractivity contribution in [3.05, 3.63) is 11.4 Å². The predicted octanol–water partition coefficient (Wildman–Crippen LogP) is 0.518. The number of nitrogens with zero attached hydrogens (tertiary/aromatic N) is 2. The number of rotatable bonds is 3. The molecule has 1 heterocycles. The third kappa shape index (κ3) is 1.81. The second-order valence-electron chi connectivity index (χ2n) is 2.45. The van der Waals surface area contributed by atoms with Crippen molar-refractivity contribution in [2.45, 2.75) is 20.3 Å². The number of carbonyl (C=O) groups excluding carboxylic acids is 1. The van der Waals surface area contributed by atoms with Gasteiger partial charge in [0.25, 0.3) is 5.91 Å². The van der Waals surface area contributed by atoms with Crippen molar-refractivity contribution < 1.29 is 9.42 Å². The van der Waals surface area contributed by atoms with Gasteiger partial charge in [-0.3, -0.25) is 4.79 Å². The molecule has 0 aliphatic carbocycles. The summed E-state index contributed by atoms with van der Waals surface area (Å²) < 4.78 is 4.39. The highest BCUT2D eigenvalue weighted by atomic mass is 16.6. The molecule has 5 heteroatoms. The molecule has 0 saturated heterocycles. The van der Waals surface area contributed by atoms with E-state index in [1.165, 1.54) is 0 Å². The fourth-order valence-corrected chi connectivity index (χ4v) is 0.760. The molecular formula is C7H11N3O2. The van der Waals surface area contributed by atoms with Crippen LogP contribution in [0.1, 0.15) is 29.5 Å². The Bertz CT molecular complexity index is 269. The zero-order chi connectivity index (χ0) is 8.97. The molecule has 0 spiro atoms. The Morgan fingerprint density at radius 1 is 1.58 bits per heavy atom. The molecule has 0 saturated carbocycles. The van der Waals surface area contributed by atoms with Crippen LogP contribution in [0.15, 0.2) is 4.63 Å². The van der Waals surface area contributed by atoms with Crippen LogP contribution in [0.4, 0.5) is 0 Å². The summed E-state index contributed by atoms with van der Waals surface area (Å²) in [5, 5.41) is 9.64. The first-order chi connectivity index (χ1) is 5.75. The van der Waals surface area contributed by atoms with Crippen molar-refractivity contribution in [2.75, 3.05) is 6.54 Å². The summed E-state index contributed by atoms with van der Waals surface area (Å²) in [6.45, 7) is 4.30. The van der Waals surface area contributed by atoms with Crippen molar-refractivity contribution in [3.63, 3.8) is 0 Å². The fourth-order valence-electron chi connectivity index (χ4n) is 0.760. The average Bonchev–Trinajstić information content (AvgIpc) is 2.47. The molecule has 0 aromatic carbocycles. The summed E-state index contributed by atoms with van der Waals surface area (Å²) in [6, 6.07) is 0. The molecule has 1 aromatic heterocycles. The summed E-state index contributed by atoms with van der Waals surface area (Å²) in [5.41, 5.74) is 0.784. The topological polar surface area (TPSA) is 68.0 Å². The Hall–Kier alpha value is -1.39. The monoisotopic (exact) mass is 169 g/mol. The minimum absolute atomic E-state index is 0.226. The van der Waals surface area contributed by atoms with Gasteiger partial charge in [0.05, 0.1) is 0 Å². The van der Waals surface area contributed by atoms with E-state index in [1.54, 1.807) is 6.92 Å². The standard InChI is InChI=1S/C7H11N3O2/c1-3-4-8-7(11)6-5(2)9-12-10-6/h3-4H2,1-2H3,(H,8,11). The second kappa shape index (κ2) is 3.85. The Morgan fingerprint density at radius 3 is 2.83 bits per heavy atom. The van der Waals surface area contributed by atoms with E-state index < -0.39 is 0 Å². The lowest BCUT2D eigenvalue weighted by atomic mass is 10.3. The Kier molecular flexibility index (Phi) is 2.79. The van der Waals surface area contributed by atoms with Crippen LogP contribution in [0.5, 0.6) is 0 Å². The first-order valence-corrected chi connectivity index (χ1v) is 3.83. The number of hydrogen-bond acceptors (Lipinski definition) is 4. The largest absolute Gasteiger partial charge is 0.351 e. The van der Waals surface area contributed by atoms with E-state index in [2.05, 4.69) is 20.3 Å². The molecule has 0 aliphatic heterocycles. The predicted molar refractivity (Wildman–Crippen MR) is 41.7 cm³/mol. The smallest absolute Gasteiger partial charge is 0.275 e. The van der Waals surface area contributed by atoms with Crippen molar-refractivity contribution in [3.8, 4) is 0 Å². The molecule has 1 rings (SSSR count). The Morgan fingerprint density at radius 2 is 2.33 bits per heavy atom. The molecule has 0 radical (unpaired) electrons. The van der Waals surface area contributed by atoms with Crippen LogP contribution in [0, 0.1) is 6.92 Å². The van der Waals surface area contributed by atoms with Crippen molar-refractivity contribution in [1.82, 2.24) is 15.6 Å². The minimum atomic E-state index is -0.226. The van der Waals surface area contributed by atoms with E-state index in [-0.39, 0.29) is 11.6 Å². The van der Waals surface area contributed by atoms with Crippen molar-refractivity contribution >= 4 is 5.91 Å². The van der Waals surface area contributed by atoms with Crippen LogP contribution in [0.25, 0.3) is 0 Å². The third-order valence-corrected chi connectivity index (χ3v) is 1.40. The van der Waals surface area contributed by atoms with E-state index >= 15 is 0 Å². The molecule has 12 heavy (non-hydrogen) atoms. The zero-order valence-corrected chi connectivity index (χ0v) is 7.13. The molecule has 0 fully saturated rings. The lowest BCUT2D eigenvalue weighted by Crippen LogP contribution is -2.24. The van der Waals surface area contributed by atoms with E-state index in [4.69, 9.17) is 0 Å². The molecule has 0 aliphatic rings. The Balaban J connectivity index is 2.59. The summed E-state index contributed by atoms with van der Waals surface area (Å²) in [5.74, 6) is -0.226. The minimum Gasteiger partial charge on any atom is -0.351 e. The van der Waals surface area contributed by atoms with Gasteiger partial charge < -0.3 is 5.32 Å². The number of aryl methyl sites for hydroxylation is 1. The molecular weight excluding hydrogens is 158 g/mol. The molecule has 0 atom stereocenters. The molecule has 5 nitrogen and oxygen atoms in total. The van der Waals surface area contributed by atoms with Gasteiger partial charge in [0.2, 0.25) is 0 Å². The van der Waals surface area contributed by atoms with Gasteiger partial charge in [0.15, 0.2) is 5.69 Å². The van der Waals surface area contributed by atoms with E-state index in [1.807, 2.05) is 6.92 Å². The normalized spacial score (nSPS) is 9.83. The van der Waals surface area contributed by atoms with Gasteiger partial charge in [-0.15, -0.1) is 0 Å². The molecule has 66 valence electrons. The van der Waals surface area contributed by atoms with Crippen molar-refractivity contribution in [2.24, 2.45) is 0 Å². The average molecular weight is 169 g/mol. The summed E-state index contributed by atoms with van der Waals surface area (Å²) in [4.78, 5) is 11.2. The van der Waals surface area contributed by atoms with E-state index in [0.29, 0.717) is 12.2 Å². The highest BCUT2D eigenvalue weighted by Crippen LogP contribution is 1.99. The van der Waals surface area contributed by atoms with Crippen LogP contribution in [-0.2, 0) is 0 Å². The number of carbonyl (C=O) groups is 1. The van der Waals surface area contributed by atoms with Gasteiger partial charge in [-0.05, 0) is 18.5 Å². The molecule has 1 N–H and O–H groups in total. The van der Waals surface area contributed by atoms with E-state index in [0.717, 1.165) is 6.42 Å². The molecule has 1 aromatic rings. The van der Waals surface area contributed by atoms with Gasteiger partial charge in [0, 0.05) is 6.54 Å². The van der Waals surface area contributed by atoms with E-state index in [9.17, 15) is 4.79 Å². The van der Waals surface area contributed by atoms with Crippen LogP contribution >= 0.6 is 0 Å². The number of aromatic nitrogens is 2. The lowest BCUT2D eigenvalue weighted by Gasteiger charge is -1.98.